The Kier molecular flexibility index (Phi) is 10.9. The minimum absolute atomic E-state index is 0.0650. The summed E-state index contributed by atoms with van der Waals surface area (Å²) in [6.45, 7) is 2.18. The molecule has 0 spiro atoms. The number of ether oxygens (including phenoxy) is 1. The maximum atomic E-state index is 11.0. The molecule has 73 valence electrons. The summed E-state index contributed by atoms with van der Waals surface area (Å²) in [5.41, 5.74) is 0.481. The number of hydrogen-bond acceptors (Lipinski definition) is 2. The first-order valence-corrected chi connectivity index (χ1v) is 22.1. The predicted octanol–water partition coefficient (Wildman–Crippen LogP) is 3.43. The summed E-state index contributed by atoms with van der Waals surface area (Å²) >= 11 is 4.93. The Balaban J connectivity index is 0.000000500. The molecular weight excluding hydrogens is 459 g/mol. The molecule has 0 aromatic heterocycles. The van der Waals surface area contributed by atoms with Gasteiger partial charge in [-0.1, -0.05) is 18.2 Å². The summed E-state index contributed by atoms with van der Waals surface area (Å²) in [4.78, 5) is 11.0. The molecule has 0 saturated heterocycles. The van der Waals surface area contributed by atoms with Crippen LogP contribution in [0, 0.1) is 6.07 Å². The van der Waals surface area contributed by atoms with Gasteiger partial charge in [-0.05, 0) is 19.1 Å². The molecule has 0 unspecified atom stereocenters. The minimum atomic E-state index is -0.312. The third-order valence-corrected chi connectivity index (χ3v) is 1.20. The predicted molar refractivity (Wildman–Crippen MR) is 69.3 cm³/mol. The van der Waals surface area contributed by atoms with Gasteiger partial charge in [-0.2, -0.15) is 0 Å². The number of esters is 1. The molecule has 0 saturated carbocycles. The van der Waals surface area contributed by atoms with E-state index < -0.39 is 0 Å². The summed E-state index contributed by atoms with van der Waals surface area (Å²) in [6.07, 6.45) is 0. The van der Waals surface area contributed by atoms with Crippen LogP contribution in [0.2, 0.25) is 0 Å². The Hall–Kier alpha value is 0.773. The number of carbonyl (C=O) groups excluding carboxylic acids is 1. The second-order valence-electron chi connectivity index (χ2n) is 2.10. The second kappa shape index (κ2) is 10.3. The first-order chi connectivity index (χ1) is 6.76. The number of carbonyl (C=O) groups is 1. The molecule has 1 rings (SSSR count). The van der Waals surface area contributed by atoms with E-state index in [9.17, 15) is 4.79 Å². The third kappa shape index (κ3) is 7.12. The summed E-state index contributed by atoms with van der Waals surface area (Å²) in [6, 6.07) is 9.73. The van der Waals surface area contributed by atoms with Crippen LogP contribution >= 0.6 is 39.5 Å². The Bertz CT molecular complexity index is 254. The first kappa shape index (κ1) is 14.8. The average molecular weight is 468 g/mol. The van der Waals surface area contributed by atoms with E-state index in [0.29, 0.717) is 12.2 Å². The molecule has 0 aliphatic carbocycles. The molecule has 14 heavy (non-hydrogen) atoms. The molecule has 1 aromatic carbocycles. The topological polar surface area (TPSA) is 26.3 Å². The van der Waals surface area contributed by atoms with Crippen LogP contribution < -0.4 is 0 Å². The Morgan fingerprint density at radius 3 is 2.64 bits per heavy atom. The zero-order valence-electron chi connectivity index (χ0n) is 7.80. The van der Waals surface area contributed by atoms with Crippen LogP contribution in [0.25, 0.3) is 0 Å². The SMILES string of the molecule is CCOC(=O)c1[c]cccc1.[I][Zn][I]. The fraction of sp³-hybridized carbons (Fsp3) is 0.222. The molecule has 1 radical (unpaired) electrons. The normalized spacial score (nSPS) is 7.93. The monoisotopic (exact) mass is 467 g/mol. The molecule has 0 fully saturated rings. The van der Waals surface area contributed by atoms with Crippen molar-refractivity contribution in [3.05, 3.63) is 35.9 Å². The van der Waals surface area contributed by atoms with Crippen molar-refractivity contribution >= 4 is 45.5 Å². The van der Waals surface area contributed by atoms with E-state index in [2.05, 4.69) is 45.6 Å². The van der Waals surface area contributed by atoms with Gasteiger partial charge in [0.15, 0.2) is 0 Å². The maximum absolute atomic E-state index is 11.0. The van der Waals surface area contributed by atoms with Crippen molar-refractivity contribution in [3.8, 4) is 0 Å². The van der Waals surface area contributed by atoms with Crippen molar-refractivity contribution in [2.45, 2.75) is 6.92 Å². The van der Waals surface area contributed by atoms with Gasteiger partial charge < -0.3 is 4.74 Å². The van der Waals surface area contributed by atoms with Gasteiger partial charge in [0.25, 0.3) is 0 Å². The van der Waals surface area contributed by atoms with Crippen LogP contribution in [0.5, 0.6) is 0 Å². The van der Waals surface area contributed by atoms with Crippen molar-refractivity contribution in [3.63, 3.8) is 0 Å². The summed E-state index contributed by atoms with van der Waals surface area (Å²) in [5, 5.41) is 0. The number of hydrogen-bond donors (Lipinski definition) is 0. The molecule has 0 heterocycles. The molecular formula is C9H9I2O2Zn. The molecule has 0 aliphatic rings. The fourth-order valence-electron chi connectivity index (χ4n) is 0.729. The molecule has 0 aliphatic heterocycles. The standard InChI is InChI=1S/C9H9O2.2HI.Zn/c1-2-11-9(10)8-6-4-3-5-7-8;;;/h3-6H,2H2,1H3;2*1H;/q;;;+2/p-2. The van der Waals surface area contributed by atoms with E-state index in [4.69, 9.17) is 4.74 Å². The van der Waals surface area contributed by atoms with Gasteiger partial charge in [0.05, 0.1) is 12.2 Å². The van der Waals surface area contributed by atoms with E-state index in [-0.39, 0.29) is 16.1 Å². The molecule has 0 amide bonds. The molecule has 5 heteroatoms. The third-order valence-electron chi connectivity index (χ3n) is 1.20. The van der Waals surface area contributed by atoms with Gasteiger partial charge in [-0.15, -0.1) is 0 Å². The van der Waals surface area contributed by atoms with Crippen molar-refractivity contribution < 1.29 is 19.6 Å². The molecule has 0 N–H and O–H groups in total. The van der Waals surface area contributed by atoms with E-state index in [1.807, 2.05) is 6.07 Å². The molecule has 0 bridgehead atoms. The van der Waals surface area contributed by atoms with Gasteiger partial charge in [0.2, 0.25) is 0 Å². The van der Waals surface area contributed by atoms with Crippen LogP contribution in [0.15, 0.2) is 24.3 Å². The quantitative estimate of drug-likeness (QED) is 0.378. The Labute approximate surface area is 113 Å². The number of halogens is 2. The van der Waals surface area contributed by atoms with Gasteiger partial charge in [-0.25, -0.2) is 4.79 Å². The summed E-state index contributed by atoms with van der Waals surface area (Å²) in [5.74, 6) is -0.312. The second-order valence-corrected chi connectivity index (χ2v) is 25.6. The first-order valence-electron chi connectivity index (χ1n) is 4.02. The van der Waals surface area contributed by atoms with Crippen LogP contribution in [0.4, 0.5) is 0 Å². The van der Waals surface area contributed by atoms with Crippen molar-refractivity contribution in [1.29, 1.82) is 0 Å². The summed E-state index contributed by atoms with van der Waals surface area (Å²) in [7, 11) is 0.0650. The molecule has 2 nitrogen and oxygen atoms in total. The fourth-order valence-corrected chi connectivity index (χ4v) is 0.729. The van der Waals surface area contributed by atoms with E-state index >= 15 is 0 Å². The number of benzene rings is 1. The van der Waals surface area contributed by atoms with E-state index in [0.717, 1.165) is 0 Å². The molecule has 1 aromatic rings. The number of rotatable bonds is 2. The van der Waals surface area contributed by atoms with Crippen LogP contribution in [-0.2, 0) is 14.8 Å². The van der Waals surface area contributed by atoms with Gasteiger partial charge in [-0.3, -0.25) is 0 Å². The van der Waals surface area contributed by atoms with Gasteiger partial charge >= 0.3 is 55.6 Å². The summed E-state index contributed by atoms with van der Waals surface area (Å²) < 4.78 is 4.76. The van der Waals surface area contributed by atoms with Gasteiger partial charge in [0.1, 0.15) is 0 Å². The molecule has 0 atom stereocenters. The zero-order valence-corrected chi connectivity index (χ0v) is 15.1. The van der Waals surface area contributed by atoms with Crippen LogP contribution in [0.1, 0.15) is 17.3 Å². The van der Waals surface area contributed by atoms with Crippen LogP contribution in [-0.4, -0.2) is 12.6 Å². The van der Waals surface area contributed by atoms with Gasteiger partial charge in [0, 0.05) is 0 Å². The average Bonchev–Trinajstić information content (AvgIpc) is 2.21. The van der Waals surface area contributed by atoms with Crippen molar-refractivity contribution in [1.82, 2.24) is 0 Å². The Morgan fingerprint density at radius 2 is 2.21 bits per heavy atom. The van der Waals surface area contributed by atoms with Crippen molar-refractivity contribution in [2.24, 2.45) is 0 Å². The zero-order chi connectivity index (χ0) is 10.8. The van der Waals surface area contributed by atoms with Crippen LogP contribution in [0.3, 0.4) is 0 Å². The van der Waals surface area contributed by atoms with E-state index in [1.165, 1.54) is 0 Å². The van der Waals surface area contributed by atoms with E-state index in [1.54, 1.807) is 25.1 Å². The van der Waals surface area contributed by atoms with Crippen molar-refractivity contribution in [2.75, 3.05) is 6.61 Å². The Morgan fingerprint density at radius 1 is 1.57 bits per heavy atom.